The second-order valence-electron chi connectivity index (χ2n) is 9.58. The van der Waals surface area contributed by atoms with Crippen LogP contribution >= 0.6 is 11.6 Å². The second kappa shape index (κ2) is 11.5. The molecule has 2 heterocycles. The number of unbranched alkanes of at least 4 members (excludes halogenated alkanes) is 1. The fraction of sp³-hybridized carbons (Fsp3) is 0.483. The Hall–Kier alpha value is -2.50. The van der Waals surface area contributed by atoms with Gasteiger partial charge in [-0.25, -0.2) is 4.98 Å². The van der Waals surface area contributed by atoms with Crippen molar-refractivity contribution in [2.45, 2.75) is 78.0 Å². The lowest BCUT2D eigenvalue weighted by Crippen LogP contribution is -2.40. The van der Waals surface area contributed by atoms with Crippen molar-refractivity contribution in [1.82, 2.24) is 14.5 Å². The van der Waals surface area contributed by atoms with E-state index in [1.807, 2.05) is 6.07 Å². The molecule has 2 aromatic carbocycles. The van der Waals surface area contributed by atoms with Crippen LogP contribution in [0.15, 0.2) is 42.5 Å². The molecule has 4 rings (SSSR count). The van der Waals surface area contributed by atoms with Gasteiger partial charge in [-0.2, -0.15) is 0 Å². The number of imidazole rings is 1. The summed E-state index contributed by atoms with van der Waals surface area (Å²) in [4.78, 5) is 7.49. The number of methoxy groups -OCH3 is 2. The third-order valence-corrected chi connectivity index (χ3v) is 7.64. The molecule has 2 unspecified atom stereocenters. The van der Waals surface area contributed by atoms with E-state index in [2.05, 4.69) is 66.6 Å². The lowest BCUT2D eigenvalue weighted by molar-refractivity contribution is 0.0815. The van der Waals surface area contributed by atoms with E-state index in [0.717, 1.165) is 60.9 Å². The first-order valence-electron chi connectivity index (χ1n) is 12.8. The van der Waals surface area contributed by atoms with Gasteiger partial charge in [0.1, 0.15) is 5.82 Å². The van der Waals surface area contributed by atoms with Gasteiger partial charge in [-0.15, -0.1) is 0 Å². The molecule has 35 heavy (non-hydrogen) atoms. The van der Waals surface area contributed by atoms with Gasteiger partial charge >= 0.3 is 0 Å². The Morgan fingerprint density at radius 2 is 1.83 bits per heavy atom. The summed E-state index contributed by atoms with van der Waals surface area (Å²) in [7, 11) is 3.38. The third-order valence-electron chi connectivity index (χ3n) is 7.34. The average Bonchev–Trinajstić information content (AvgIpc) is 3.18. The van der Waals surface area contributed by atoms with Gasteiger partial charge in [-0.3, -0.25) is 4.90 Å². The van der Waals surface area contributed by atoms with Gasteiger partial charge in [0, 0.05) is 30.7 Å². The smallest absolute Gasteiger partial charge is 0.161 e. The Morgan fingerprint density at radius 1 is 1.06 bits per heavy atom. The van der Waals surface area contributed by atoms with E-state index in [1.54, 1.807) is 14.2 Å². The summed E-state index contributed by atoms with van der Waals surface area (Å²) in [6, 6.07) is 15.5. The molecular weight excluding hydrogens is 458 g/mol. The number of nitrogens with zero attached hydrogens (tertiary/aromatic N) is 3. The molecule has 0 radical (unpaired) electrons. The molecule has 188 valence electrons. The van der Waals surface area contributed by atoms with Crippen molar-refractivity contribution in [3.8, 4) is 22.9 Å². The van der Waals surface area contributed by atoms with Crippen molar-refractivity contribution >= 4 is 11.6 Å². The Kier molecular flexibility index (Phi) is 8.40. The standard InChI is InChI=1S/C29H38ClN3O2/c1-6-7-17-32-25(28(30)31-29(32)23-13-9-8-11-20(23)2)19-33-21(3)12-10-14-24(33)22-15-16-26(34-4)27(18-22)35-5/h8-9,11,13,15-16,18,21,24H,6-7,10,12,14,17,19H2,1-5H3. The predicted octanol–water partition coefficient (Wildman–Crippen LogP) is 7.44. The molecule has 0 spiro atoms. The van der Waals surface area contributed by atoms with Crippen LogP contribution in [-0.4, -0.2) is 34.7 Å². The van der Waals surface area contributed by atoms with E-state index in [1.165, 1.54) is 24.0 Å². The summed E-state index contributed by atoms with van der Waals surface area (Å²) in [5.74, 6) is 2.51. The zero-order chi connectivity index (χ0) is 24.9. The van der Waals surface area contributed by atoms with Crippen LogP contribution in [0.1, 0.15) is 68.8 Å². The van der Waals surface area contributed by atoms with Crippen molar-refractivity contribution in [3.63, 3.8) is 0 Å². The van der Waals surface area contributed by atoms with E-state index in [4.69, 9.17) is 26.1 Å². The van der Waals surface area contributed by atoms with Crippen molar-refractivity contribution < 1.29 is 9.47 Å². The van der Waals surface area contributed by atoms with Crippen LogP contribution in [0.4, 0.5) is 0 Å². The summed E-state index contributed by atoms with van der Waals surface area (Å²) >= 11 is 6.88. The Morgan fingerprint density at radius 3 is 2.54 bits per heavy atom. The highest BCUT2D eigenvalue weighted by Crippen LogP contribution is 2.40. The van der Waals surface area contributed by atoms with Crippen LogP contribution in [0.5, 0.6) is 11.5 Å². The third kappa shape index (κ3) is 5.36. The Bertz CT molecular complexity index is 1140. The fourth-order valence-electron chi connectivity index (χ4n) is 5.30. The average molecular weight is 496 g/mol. The SMILES string of the molecule is CCCCn1c(-c2ccccc2C)nc(Cl)c1CN1C(C)CCCC1c1ccc(OC)c(OC)c1. The Labute approximate surface area is 215 Å². The molecule has 1 saturated heterocycles. The van der Waals surface area contributed by atoms with E-state index in [0.29, 0.717) is 11.2 Å². The van der Waals surface area contributed by atoms with Gasteiger partial charge in [0.15, 0.2) is 16.7 Å². The van der Waals surface area contributed by atoms with E-state index in [-0.39, 0.29) is 6.04 Å². The van der Waals surface area contributed by atoms with Gasteiger partial charge < -0.3 is 14.0 Å². The second-order valence-corrected chi connectivity index (χ2v) is 9.93. The maximum absolute atomic E-state index is 6.88. The number of halogens is 1. The van der Waals surface area contributed by atoms with Crippen molar-refractivity contribution in [3.05, 3.63) is 64.4 Å². The predicted molar refractivity (Wildman–Crippen MR) is 143 cm³/mol. The quantitative estimate of drug-likeness (QED) is 0.309. The summed E-state index contributed by atoms with van der Waals surface area (Å²) in [5, 5.41) is 0.614. The molecule has 0 aliphatic carbocycles. The minimum atomic E-state index is 0.283. The van der Waals surface area contributed by atoms with Crippen LogP contribution in [0.3, 0.4) is 0 Å². The molecule has 3 aromatic rings. The first kappa shape index (κ1) is 25.6. The van der Waals surface area contributed by atoms with Gasteiger partial charge in [0.05, 0.1) is 19.9 Å². The molecule has 0 N–H and O–H groups in total. The van der Waals surface area contributed by atoms with Crippen molar-refractivity contribution in [2.75, 3.05) is 14.2 Å². The maximum Gasteiger partial charge on any atom is 0.161 e. The highest BCUT2D eigenvalue weighted by atomic mass is 35.5. The fourth-order valence-corrected chi connectivity index (χ4v) is 5.54. The van der Waals surface area contributed by atoms with Crippen LogP contribution in [0, 0.1) is 6.92 Å². The molecule has 0 saturated carbocycles. The molecule has 6 heteroatoms. The van der Waals surface area contributed by atoms with Crippen LogP contribution < -0.4 is 9.47 Å². The normalized spacial score (nSPS) is 18.6. The van der Waals surface area contributed by atoms with Gasteiger partial charge in [0.2, 0.25) is 0 Å². The number of hydrogen-bond acceptors (Lipinski definition) is 4. The molecule has 1 aliphatic heterocycles. The lowest BCUT2D eigenvalue weighted by Gasteiger charge is -2.41. The summed E-state index contributed by atoms with van der Waals surface area (Å²) in [6.07, 6.45) is 5.69. The van der Waals surface area contributed by atoms with Crippen LogP contribution in [0.25, 0.3) is 11.4 Å². The molecular formula is C29H38ClN3O2. The minimum Gasteiger partial charge on any atom is -0.493 e. The van der Waals surface area contributed by atoms with Gasteiger partial charge in [0.25, 0.3) is 0 Å². The number of benzene rings is 2. The number of aryl methyl sites for hydroxylation is 1. The number of rotatable bonds is 9. The topological polar surface area (TPSA) is 39.5 Å². The molecule has 0 bridgehead atoms. The highest BCUT2D eigenvalue weighted by molar-refractivity contribution is 6.30. The van der Waals surface area contributed by atoms with Gasteiger partial charge in [-0.05, 0) is 56.4 Å². The molecule has 1 aromatic heterocycles. The Balaban J connectivity index is 1.73. The van der Waals surface area contributed by atoms with Gasteiger partial charge in [-0.1, -0.05) is 61.7 Å². The van der Waals surface area contributed by atoms with Crippen molar-refractivity contribution in [2.24, 2.45) is 0 Å². The van der Waals surface area contributed by atoms with Crippen LogP contribution in [0.2, 0.25) is 5.15 Å². The maximum atomic E-state index is 6.88. The number of piperidine rings is 1. The molecule has 2 atom stereocenters. The van der Waals surface area contributed by atoms with E-state index >= 15 is 0 Å². The number of likely N-dealkylation sites (tertiary alicyclic amines) is 1. The number of ether oxygens (including phenoxy) is 2. The number of hydrogen-bond donors (Lipinski definition) is 0. The van der Waals surface area contributed by atoms with E-state index in [9.17, 15) is 0 Å². The first-order chi connectivity index (χ1) is 17.0. The molecule has 0 amide bonds. The minimum absolute atomic E-state index is 0.283. The zero-order valence-corrected chi connectivity index (χ0v) is 22.4. The summed E-state index contributed by atoms with van der Waals surface area (Å²) < 4.78 is 13.5. The summed E-state index contributed by atoms with van der Waals surface area (Å²) in [5.41, 5.74) is 4.73. The first-order valence-corrected chi connectivity index (χ1v) is 13.1. The number of aromatic nitrogens is 2. The molecule has 1 aliphatic rings. The zero-order valence-electron chi connectivity index (χ0n) is 21.7. The highest BCUT2D eigenvalue weighted by Gasteiger charge is 2.32. The molecule has 1 fully saturated rings. The monoisotopic (exact) mass is 495 g/mol. The lowest BCUT2D eigenvalue weighted by atomic mass is 9.91. The largest absolute Gasteiger partial charge is 0.493 e. The van der Waals surface area contributed by atoms with E-state index < -0.39 is 0 Å². The molecule has 5 nitrogen and oxygen atoms in total. The van der Waals surface area contributed by atoms with Crippen molar-refractivity contribution in [1.29, 1.82) is 0 Å². The van der Waals surface area contributed by atoms with Crippen LogP contribution in [-0.2, 0) is 13.1 Å². The summed E-state index contributed by atoms with van der Waals surface area (Å²) in [6.45, 7) is 8.38.